The normalized spacial score (nSPS) is 11.1. The number of thiazole rings is 1. The van der Waals surface area contributed by atoms with Crippen LogP contribution in [0.25, 0.3) is 21.6 Å². The van der Waals surface area contributed by atoms with Gasteiger partial charge in [-0.2, -0.15) is 0 Å². The van der Waals surface area contributed by atoms with Crippen molar-refractivity contribution in [2.45, 2.75) is 26.9 Å². The Morgan fingerprint density at radius 3 is 2.82 bits per heavy atom. The van der Waals surface area contributed by atoms with Crippen LogP contribution < -0.4 is 0 Å². The molecular formula is C21H20N4O2S. The van der Waals surface area contributed by atoms with Crippen molar-refractivity contribution in [1.29, 1.82) is 0 Å². The Labute approximate surface area is 166 Å². The molecule has 4 rings (SSSR count). The molecule has 0 amide bonds. The Morgan fingerprint density at radius 1 is 1.18 bits per heavy atom. The van der Waals surface area contributed by atoms with E-state index < -0.39 is 0 Å². The minimum atomic E-state index is -0.262. The van der Waals surface area contributed by atoms with Crippen LogP contribution in [0.2, 0.25) is 0 Å². The van der Waals surface area contributed by atoms with E-state index in [9.17, 15) is 4.79 Å². The molecule has 0 aliphatic carbocycles. The van der Waals surface area contributed by atoms with Crippen molar-refractivity contribution in [2.24, 2.45) is 7.05 Å². The lowest BCUT2D eigenvalue weighted by Gasteiger charge is -2.04. The Hall–Kier alpha value is -3.06. The molecule has 4 aromatic rings. The molecule has 0 unspecified atom stereocenters. The van der Waals surface area contributed by atoms with Crippen LogP contribution in [0.4, 0.5) is 0 Å². The first-order chi connectivity index (χ1) is 13.5. The first-order valence-electron chi connectivity index (χ1n) is 8.97. The number of carbonyl (C=O) groups is 1. The first-order valence-corrected chi connectivity index (χ1v) is 9.79. The minimum absolute atomic E-state index is 0.216. The highest BCUT2D eigenvalue weighted by atomic mass is 32.1. The summed E-state index contributed by atoms with van der Waals surface area (Å²) in [5.74, 6) is -0.262. The standard InChI is InChI=1S/C21H20N4O2S/c1-13-6-4-5-7-16(13)21-22-14(2)19(28-21)11-20(26)27-12-15-8-9-18-17(10-15)23-24-25(18)3/h4-10H,11-12H2,1-3H3. The summed E-state index contributed by atoms with van der Waals surface area (Å²) < 4.78 is 7.18. The molecule has 0 atom stereocenters. The molecule has 2 aromatic heterocycles. The zero-order chi connectivity index (χ0) is 19.7. The SMILES string of the molecule is Cc1ccccc1-c1nc(C)c(CC(=O)OCc2ccc3c(c2)nnn3C)s1. The maximum atomic E-state index is 12.3. The van der Waals surface area contributed by atoms with Gasteiger partial charge in [-0.25, -0.2) is 9.67 Å². The van der Waals surface area contributed by atoms with E-state index in [1.54, 1.807) is 16.0 Å². The molecule has 0 spiro atoms. The van der Waals surface area contributed by atoms with E-state index in [0.717, 1.165) is 37.7 Å². The topological polar surface area (TPSA) is 69.9 Å². The number of hydrogen-bond acceptors (Lipinski definition) is 6. The molecule has 0 N–H and O–H groups in total. The number of aryl methyl sites for hydroxylation is 3. The second-order valence-electron chi connectivity index (χ2n) is 6.72. The van der Waals surface area contributed by atoms with Gasteiger partial charge in [-0.05, 0) is 37.1 Å². The largest absolute Gasteiger partial charge is 0.461 e. The predicted molar refractivity (Wildman–Crippen MR) is 109 cm³/mol. The summed E-state index contributed by atoms with van der Waals surface area (Å²) >= 11 is 1.55. The Kier molecular flexibility index (Phi) is 4.92. The number of aromatic nitrogens is 4. The minimum Gasteiger partial charge on any atom is -0.461 e. The van der Waals surface area contributed by atoms with Crippen molar-refractivity contribution >= 4 is 28.3 Å². The van der Waals surface area contributed by atoms with Gasteiger partial charge in [0.15, 0.2) is 0 Å². The third-order valence-electron chi connectivity index (χ3n) is 4.65. The highest BCUT2D eigenvalue weighted by molar-refractivity contribution is 7.15. The average Bonchev–Trinajstić information content (AvgIpc) is 3.23. The van der Waals surface area contributed by atoms with Crippen LogP contribution in [-0.2, 0) is 29.6 Å². The van der Waals surface area contributed by atoms with Crippen LogP contribution in [0.3, 0.4) is 0 Å². The average molecular weight is 392 g/mol. The van der Waals surface area contributed by atoms with E-state index in [0.29, 0.717) is 0 Å². The molecule has 0 fully saturated rings. The number of hydrogen-bond donors (Lipinski definition) is 0. The molecule has 0 saturated heterocycles. The summed E-state index contributed by atoms with van der Waals surface area (Å²) in [5, 5.41) is 9.01. The lowest BCUT2D eigenvalue weighted by Crippen LogP contribution is -2.07. The molecule has 2 aromatic carbocycles. The molecule has 0 aliphatic heterocycles. The maximum absolute atomic E-state index is 12.3. The van der Waals surface area contributed by atoms with E-state index in [-0.39, 0.29) is 19.0 Å². The summed E-state index contributed by atoms with van der Waals surface area (Å²) in [6, 6.07) is 13.9. The van der Waals surface area contributed by atoms with E-state index in [2.05, 4.69) is 34.4 Å². The molecule has 0 aliphatic rings. The van der Waals surface area contributed by atoms with Gasteiger partial charge in [-0.15, -0.1) is 16.4 Å². The predicted octanol–water partition coefficient (Wildman–Crippen LogP) is 3.99. The van der Waals surface area contributed by atoms with Crippen molar-refractivity contribution in [3.05, 3.63) is 64.2 Å². The van der Waals surface area contributed by atoms with Crippen LogP contribution in [0.5, 0.6) is 0 Å². The van der Waals surface area contributed by atoms with Gasteiger partial charge in [-0.1, -0.05) is 35.5 Å². The highest BCUT2D eigenvalue weighted by Crippen LogP contribution is 2.30. The number of carbonyl (C=O) groups excluding carboxylic acids is 1. The summed E-state index contributed by atoms with van der Waals surface area (Å²) in [7, 11) is 1.84. The molecule has 0 radical (unpaired) electrons. The number of rotatable bonds is 5. The number of esters is 1. The third kappa shape index (κ3) is 3.66. The number of ether oxygens (including phenoxy) is 1. The summed E-state index contributed by atoms with van der Waals surface area (Å²) in [6.07, 6.45) is 0.225. The molecule has 0 saturated carbocycles. The van der Waals surface area contributed by atoms with Gasteiger partial charge >= 0.3 is 5.97 Å². The van der Waals surface area contributed by atoms with Crippen molar-refractivity contribution in [1.82, 2.24) is 20.0 Å². The van der Waals surface area contributed by atoms with Gasteiger partial charge < -0.3 is 4.74 Å². The molecule has 28 heavy (non-hydrogen) atoms. The van der Waals surface area contributed by atoms with Crippen LogP contribution in [0, 0.1) is 13.8 Å². The van der Waals surface area contributed by atoms with Crippen molar-refractivity contribution in [3.63, 3.8) is 0 Å². The second kappa shape index (κ2) is 7.52. The lowest BCUT2D eigenvalue weighted by atomic mass is 10.1. The van der Waals surface area contributed by atoms with Crippen molar-refractivity contribution in [2.75, 3.05) is 0 Å². The number of fused-ring (bicyclic) bond motifs is 1. The van der Waals surface area contributed by atoms with Crippen LogP contribution >= 0.6 is 11.3 Å². The lowest BCUT2D eigenvalue weighted by molar-refractivity contribution is -0.144. The molecule has 0 bridgehead atoms. The van der Waals surface area contributed by atoms with Crippen molar-refractivity contribution < 1.29 is 9.53 Å². The summed E-state index contributed by atoms with van der Waals surface area (Å²) in [6.45, 7) is 4.21. The van der Waals surface area contributed by atoms with Crippen LogP contribution in [-0.4, -0.2) is 25.9 Å². The molecule has 2 heterocycles. The molecular weight excluding hydrogens is 372 g/mol. The fourth-order valence-electron chi connectivity index (χ4n) is 3.04. The Morgan fingerprint density at radius 2 is 2.00 bits per heavy atom. The maximum Gasteiger partial charge on any atom is 0.311 e. The molecule has 142 valence electrons. The Bertz CT molecular complexity index is 1160. The number of benzene rings is 2. The van der Waals surface area contributed by atoms with Gasteiger partial charge in [0.25, 0.3) is 0 Å². The summed E-state index contributed by atoms with van der Waals surface area (Å²) in [5.41, 5.74) is 5.78. The second-order valence-corrected chi connectivity index (χ2v) is 7.80. The van der Waals surface area contributed by atoms with E-state index in [4.69, 9.17) is 4.74 Å². The fourth-order valence-corrected chi connectivity index (χ4v) is 4.18. The van der Waals surface area contributed by atoms with Crippen molar-refractivity contribution in [3.8, 4) is 10.6 Å². The quantitative estimate of drug-likeness (QED) is 0.480. The fraction of sp³-hybridized carbons (Fsp3) is 0.238. The molecule has 7 heteroatoms. The Balaban J connectivity index is 1.43. The van der Waals surface area contributed by atoms with Gasteiger partial charge in [0.05, 0.1) is 17.6 Å². The van der Waals surface area contributed by atoms with Gasteiger partial charge in [0, 0.05) is 17.5 Å². The third-order valence-corrected chi connectivity index (χ3v) is 5.84. The zero-order valence-corrected chi connectivity index (χ0v) is 16.8. The molecule has 6 nitrogen and oxygen atoms in total. The van der Waals surface area contributed by atoms with Gasteiger partial charge in [-0.3, -0.25) is 4.79 Å². The summed E-state index contributed by atoms with van der Waals surface area (Å²) in [4.78, 5) is 17.9. The van der Waals surface area contributed by atoms with E-state index >= 15 is 0 Å². The van der Waals surface area contributed by atoms with E-state index in [1.807, 2.05) is 44.3 Å². The number of nitrogens with zero attached hydrogens (tertiary/aromatic N) is 4. The first kappa shape index (κ1) is 18.3. The van der Waals surface area contributed by atoms with Gasteiger partial charge in [0.1, 0.15) is 17.1 Å². The van der Waals surface area contributed by atoms with Gasteiger partial charge in [0.2, 0.25) is 0 Å². The monoisotopic (exact) mass is 392 g/mol. The van der Waals surface area contributed by atoms with Crippen LogP contribution in [0.1, 0.15) is 21.7 Å². The zero-order valence-electron chi connectivity index (χ0n) is 16.0. The smallest absolute Gasteiger partial charge is 0.311 e. The van der Waals surface area contributed by atoms with Crippen LogP contribution in [0.15, 0.2) is 42.5 Å². The highest BCUT2D eigenvalue weighted by Gasteiger charge is 2.15. The van der Waals surface area contributed by atoms with E-state index in [1.165, 1.54) is 5.56 Å².